The number of rotatable bonds is 3. The second kappa shape index (κ2) is 8.65. The van der Waals surface area contributed by atoms with Crippen molar-refractivity contribution in [3.05, 3.63) is 65.9 Å². The van der Waals surface area contributed by atoms with E-state index in [9.17, 15) is 18.0 Å². The molecule has 0 N–H and O–H groups in total. The lowest BCUT2D eigenvalue weighted by Gasteiger charge is -2.37. The van der Waals surface area contributed by atoms with Gasteiger partial charge >= 0.3 is 12.3 Å². The Hall–Kier alpha value is -3.16. The molecule has 33 heavy (non-hydrogen) atoms. The van der Waals surface area contributed by atoms with E-state index in [1.54, 1.807) is 17.0 Å². The number of carbonyl (C=O) groups excluding carboxylic acids is 1. The van der Waals surface area contributed by atoms with Crippen LogP contribution in [0.3, 0.4) is 0 Å². The third-order valence-corrected chi connectivity index (χ3v) is 5.67. The summed E-state index contributed by atoms with van der Waals surface area (Å²) in [4.78, 5) is 16.0. The van der Waals surface area contributed by atoms with Crippen LogP contribution in [0.4, 0.5) is 23.7 Å². The van der Waals surface area contributed by atoms with Crippen molar-refractivity contribution in [3.63, 3.8) is 0 Å². The Morgan fingerprint density at radius 1 is 0.939 bits per heavy atom. The molecule has 0 atom stereocenters. The summed E-state index contributed by atoms with van der Waals surface area (Å²) in [6.45, 7) is 7.52. The van der Waals surface area contributed by atoms with Crippen molar-refractivity contribution >= 4 is 22.7 Å². The highest BCUT2D eigenvalue weighted by molar-refractivity contribution is 5.94. The molecule has 0 aliphatic carbocycles. The number of alkyl halides is 3. The third kappa shape index (κ3) is 5.10. The first-order valence-corrected chi connectivity index (χ1v) is 11.0. The zero-order valence-electron chi connectivity index (χ0n) is 19.0. The van der Waals surface area contributed by atoms with E-state index in [0.29, 0.717) is 37.1 Å². The van der Waals surface area contributed by atoms with Gasteiger partial charge in [-0.15, -0.1) is 0 Å². The quantitative estimate of drug-likeness (QED) is 0.499. The van der Waals surface area contributed by atoms with Crippen LogP contribution in [0.1, 0.15) is 32.0 Å². The van der Waals surface area contributed by atoms with Crippen molar-refractivity contribution in [2.75, 3.05) is 31.1 Å². The van der Waals surface area contributed by atoms with Crippen LogP contribution in [0, 0.1) is 0 Å². The van der Waals surface area contributed by atoms with Crippen molar-refractivity contribution in [1.82, 2.24) is 9.47 Å². The predicted molar refractivity (Wildman–Crippen MR) is 123 cm³/mol. The minimum absolute atomic E-state index is 0.134. The normalized spacial score (nSPS) is 15.2. The summed E-state index contributed by atoms with van der Waals surface area (Å²) in [5, 5.41) is 0.562. The zero-order chi connectivity index (χ0) is 23.8. The van der Waals surface area contributed by atoms with Crippen LogP contribution in [-0.4, -0.2) is 47.3 Å². The first kappa shape index (κ1) is 23.0. The highest BCUT2D eigenvalue weighted by atomic mass is 19.4. The monoisotopic (exact) mass is 459 g/mol. The Kier molecular flexibility index (Phi) is 6.03. The number of hydrogen-bond acceptors (Lipinski definition) is 3. The molecule has 0 unspecified atom stereocenters. The average Bonchev–Trinajstić information content (AvgIpc) is 3.12. The Labute approximate surface area is 191 Å². The second-order valence-corrected chi connectivity index (χ2v) is 9.26. The van der Waals surface area contributed by atoms with Crippen molar-refractivity contribution in [2.24, 2.45) is 0 Å². The van der Waals surface area contributed by atoms with Crippen molar-refractivity contribution in [2.45, 2.75) is 39.1 Å². The van der Waals surface area contributed by atoms with E-state index >= 15 is 0 Å². The van der Waals surface area contributed by atoms with Crippen molar-refractivity contribution in [3.8, 4) is 0 Å². The fourth-order valence-corrected chi connectivity index (χ4v) is 4.17. The number of hydrogen-bond donors (Lipinski definition) is 0. The zero-order valence-corrected chi connectivity index (χ0v) is 19.0. The molecule has 8 heteroatoms. The number of fused-ring (bicyclic) bond motifs is 1. The molecule has 1 fully saturated rings. The van der Waals surface area contributed by atoms with Crippen molar-refractivity contribution in [1.29, 1.82) is 0 Å². The number of aromatic nitrogens is 1. The number of benzene rings is 2. The molecule has 1 saturated heterocycles. The van der Waals surface area contributed by atoms with Gasteiger partial charge in [0.2, 0.25) is 0 Å². The van der Waals surface area contributed by atoms with Gasteiger partial charge < -0.3 is 19.1 Å². The van der Waals surface area contributed by atoms with Crippen LogP contribution in [0.25, 0.3) is 10.9 Å². The summed E-state index contributed by atoms with van der Waals surface area (Å²) in [5.41, 5.74) is 0.847. The molecule has 0 saturated carbocycles. The third-order valence-electron chi connectivity index (χ3n) is 5.67. The number of piperazine rings is 1. The highest BCUT2D eigenvalue weighted by Gasteiger charge is 2.36. The molecule has 0 bridgehead atoms. The summed E-state index contributed by atoms with van der Waals surface area (Å²) in [6.07, 6.45) is -4.84. The van der Waals surface area contributed by atoms with Gasteiger partial charge in [0.1, 0.15) is 11.3 Å². The van der Waals surface area contributed by atoms with Gasteiger partial charge in [-0.2, -0.15) is 13.2 Å². The summed E-state index contributed by atoms with van der Waals surface area (Å²) < 4.78 is 48.6. The van der Waals surface area contributed by atoms with Gasteiger partial charge in [0.05, 0.1) is 5.52 Å². The molecule has 176 valence electrons. The Morgan fingerprint density at radius 3 is 2.21 bits per heavy atom. The predicted octanol–water partition coefficient (Wildman–Crippen LogP) is 5.77. The van der Waals surface area contributed by atoms with Gasteiger partial charge in [-0.3, -0.25) is 0 Å². The van der Waals surface area contributed by atoms with E-state index in [1.807, 2.05) is 62.1 Å². The molecule has 4 rings (SSSR count). The van der Waals surface area contributed by atoms with Gasteiger partial charge in [-0.25, -0.2) is 4.79 Å². The first-order chi connectivity index (χ1) is 15.5. The van der Waals surface area contributed by atoms with Gasteiger partial charge in [0.15, 0.2) is 0 Å². The summed E-state index contributed by atoms with van der Waals surface area (Å²) >= 11 is 0. The van der Waals surface area contributed by atoms with Gasteiger partial charge in [0.25, 0.3) is 0 Å². The van der Waals surface area contributed by atoms with E-state index in [4.69, 9.17) is 4.74 Å². The van der Waals surface area contributed by atoms with Crippen LogP contribution in [0.2, 0.25) is 0 Å². The van der Waals surface area contributed by atoms with Crippen LogP contribution in [-0.2, 0) is 17.5 Å². The molecule has 1 aliphatic heterocycles. The van der Waals surface area contributed by atoms with E-state index in [-0.39, 0.29) is 12.6 Å². The Bertz CT molecular complexity index is 1130. The van der Waals surface area contributed by atoms with Crippen molar-refractivity contribution < 1.29 is 22.7 Å². The van der Waals surface area contributed by atoms with Gasteiger partial charge in [0, 0.05) is 43.8 Å². The molecule has 5 nitrogen and oxygen atoms in total. The molecule has 0 radical (unpaired) electrons. The number of anilines is 1. The molecular weight excluding hydrogens is 431 g/mol. The smallest absolute Gasteiger partial charge is 0.431 e. The topological polar surface area (TPSA) is 37.7 Å². The lowest BCUT2D eigenvalue weighted by atomic mass is 10.1. The number of nitrogens with zero attached hydrogens (tertiary/aromatic N) is 3. The van der Waals surface area contributed by atoms with E-state index in [2.05, 4.69) is 0 Å². The molecule has 1 amide bonds. The molecule has 2 heterocycles. The number of ether oxygens (including phenoxy) is 1. The Morgan fingerprint density at radius 2 is 1.61 bits per heavy atom. The number of halogens is 3. The molecule has 2 aromatic carbocycles. The minimum atomic E-state index is -4.47. The largest absolute Gasteiger partial charge is 0.444 e. The fraction of sp³-hybridized carbons (Fsp3) is 0.400. The fourth-order valence-electron chi connectivity index (χ4n) is 4.17. The van der Waals surface area contributed by atoms with Crippen LogP contribution in [0.5, 0.6) is 0 Å². The lowest BCUT2D eigenvalue weighted by Crippen LogP contribution is -2.50. The van der Waals surface area contributed by atoms with E-state index in [0.717, 1.165) is 11.3 Å². The van der Waals surface area contributed by atoms with Gasteiger partial charge in [-0.1, -0.05) is 36.4 Å². The molecule has 1 aromatic heterocycles. The maximum atomic E-state index is 13.9. The second-order valence-electron chi connectivity index (χ2n) is 9.26. The highest BCUT2D eigenvalue weighted by Crippen LogP contribution is 2.38. The number of carbonyl (C=O) groups is 1. The lowest BCUT2D eigenvalue weighted by molar-refractivity contribution is -0.143. The minimum Gasteiger partial charge on any atom is -0.444 e. The molecule has 1 aliphatic rings. The Balaban J connectivity index is 1.63. The van der Waals surface area contributed by atoms with Gasteiger partial charge in [-0.05, 0) is 44.5 Å². The molecular formula is C25H28F3N3O2. The SMILES string of the molecule is CC(C)(C)OC(=O)N1CCN(c2cccc3c2cc(C(F)(F)F)n3Cc2ccccc2)CC1. The maximum absolute atomic E-state index is 13.9. The average molecular weight is 460 g/mol. The molecule has 3 aromatic rings. The molecule has 0 spiro atoms. The summed E-state index contributed by atoms with van der Waals surface area (Å²) in [6, 6.07) is 15.8. The summed E-state index contributed by atoms with van der Waals surface area (Å²) in [5.74, 6) is 0. The van der Waals surface area contributed by atoms with E-state index < -0.39 is 17.5 Å². The maximum Gasteiger partial charge on any atom is 0.431 e. The van der Waals surface area contributed by atoms with E-state index in [1.165, 1.54) is 10.6 Å². The summed E-state index contributed by atoms with van der Waals surface area (Å²) in [7, 11) is 0. The number of amides is 1. The standard InChI is InChI=1S/C25H28F3N3O2/c1-24(2,3)33-23(32)30-14-12-29(13-15-30)20-10-7-11-21-19(20)16-22(25(26,27)28)31(21)17-18-8-5-4-6-9-18/h4-11,16H,12-15,17H2,1-3H3. The first-order valence-electron chi connectivity index (χ1n) is 11.0. The van der Waals surface area contributed by atoms with Crippen LogP contribution < -0.4 is 4.90 Å². The van der Waals surface area contributed by atoms with Crippen LogP contribution in [0.15, 0.2) is 54.6 Å². The van der Waals surface area contributed by atoms with Crippen LogP contribution >= 0.6 is 0 Å².